The van der Waals surface area contributed by atoms with Gasteiger partial charge in [0.2, 0.25) is 0 Å². The number of nitrogens with zero attached hydrogens (tertiary/aromatic N) is 4. The minimum atomic E-state index is -1.02. The topological polar surface area (TPSA) is 133 Å². The predicted molar refractivity (Wildman–Crippen MR) is 109 cm³/mol. The van der Waals surface area contributed by atoms with Crippen molar-refractivity contribution in [1.29, 1.82) is 0 Å². The number of nitrogens with one attached hydrogen (secondary N) is 2. The number of carbonyl (C=O) groups is 1. The average Bonchev–Trinajstić information content (AvgIpc) is 2.68. The van der Waals surface area contributed by atoms with Crippen LogP contribution in [0.4, 0.5) is 11.6 Å². The third-order valence-corrected chi connectivity index (χ3v) is 4.19. The van der Waals surface area contributed by atoms with Crippen molar-refractivity contribution < 1.29 is 15.0 Å². The van der Waals surface area contributed by atoms with Gasteiger partial charge in [-0.25, -0.2) is 24.7 Å². The maximum absolute atomic E-state index is 10.8. The molecule has 0 spiro atoms. The first-order valence-corrected chi connectivity index (χ1v) is 10.6. The Hall–Kier alpha value is -2.11. The molecular formula is C16H24N6O3S2. The van der Waals surface area contributed by atoms with Crippen LogP contribution in [0, 0.1) is 0 Å². The Balaban J connectivity index is 0.000000271. The van der Waals surface area contributed by atoms with Gasteiger partial charge in [-0.1, -0.05) is 23.5 Å². The van der Waals surface area contributed by atoms with Gasteiger partial charge in [0.1, 0.15) is 17.2 Å². The highest BCUT2D eigenvalue weighted by molar-refractivity contribution is 7.98. The van der Waals surface area contributed by atoms with E-state index in [1.807, 2.05) is 26.4 Å². The van der Waals surface area contributed by atoms with Crippen LogP contribution in [-0.2, 0) is 6.61 Å². The molecule has 0 fully saturated rings. The molecule has 2 aromatic rings. The third kappa shape index (κ3) is 7.19. The summed E-state index contributed by atoms with van der Waals surface area (Å²) < 4.78 is 0. The van der Waals surface area contributed by atoms with Gasteiger partial charge in [-0.05, 0) is 26.4 Å². The van der Waals surface area contributed by atoms with E-state index in [2.05, 4.69) is 30.6 Å². The lowest BCUT2D eigenvalue weighted by Gasteiger charge is -2.07. The lowest BCUT2D eigenvalue weighted by molar-refractivity contribution is 0.0697. The van der Waals surface area contributed by atoms with Gasteiger partial charge in [0.25, 0.3) is 0 Å². The van der Waals surface area contributed by atoms with E-state index >= 15 is 0 Å². The molecule has 0 radical (unpaired) electrons. The van der Waals surface area contributed by atoms with E-state index in [-0.39, 0.29) is 12.2 Å². The fourth-order valence-electron chi connectivity index (χ4n) is 1.85. The van der Waals surface area contributed by atoms with Crippen LogP contribution in [0.25, 0.3) is 0 Å². The summed E-state index contributed by atoms with van der Waals surface area (Å²) in [5.74, 6) is 0.0808. The Morgan fingerprint density at radius 2 is 1.52 bits per heavy atom. The van der Waals surface area contributed by atoms with Gasteiger partial charge in [0.15, 0.2) is 10.3 Å². The van der Waals surface area contributed by atoms with E-state index in [9.17, 15) is 4.79 Å². The van der Waals surface area contributed by atoms with Crippen LogP contribution in [0.1, 0.15) is 29.8 Å². The molecule has 11 heteroatoms. The van der Waals surface area contributed by atoms with Gasteiger partial charge in [0, 0.05) is 31.0 Å². The summed E-state index contributed by atoms with van der Waals surface area (Å²) >= 11 is 2.86. The van der Waals surface area contributed by atoms with Gasteiger partial charge in [-0.3, -0.25) is 0 Å². The molecule has 0 unspecified atom stereocenters. The molecule has 2 heterocycles. The van der Waals surface area contributed by atoms with Crippen molar-refractivity contribution in [2.75, 3.05) is 36.2 Å². The standard InChI is InChI=1S/C8H11N3O2S.C8H13N3OS/c1-3-9-6-5(7(12)13)4-10-8(11-6)14-2;1-3-9-7-6(5-12)4-10-8(11-7)13-2/h4H,3H2,1-2H3,(H,12,13)(H,9,10,11);4,12H,3,5H2,1-2H3,(H,9,10,11). The first kappa shape index (κ1) is 22.9. The van der Waals surface area contributed by atoms with E-state index in [0.717, 1.165) is 17.9 Å². The van der Waals surface area contributed by atoms with Crippen molar-refractivity contribution in [3.05, 3.63) is 23.5 Å². The SMILES string of the molecule is CCNc1nc(SC)ncc1C(=O)O.CCNc1nc(SC)ncc1CO. The summed E-state index contributed by atoms with van der Waals surface area (Å²) in [4.78, 5) is 27.0. The number of hydrogen-bond acceptors (Lipinski definition) is 10. The first-order valence-electron chi connectivity index (χ1n) is 8.13. The maximum atomic E-state index is 10.8. The second-order valence-electron chi connectivity index (χ2n) is 4.87. The van der Waals surface area contributed by atoms with Crippen molar-refractivity contribution in [2.24, 2.45) is 0 Å². The highest BCUT2D eigenvalue weighted by atomic mass is 32.2. The number of aromatic carboxylic acids is 1. The van der Waals surface area contributed by atoms with Gasteiger partial charge < -0.3 is 20.8 Å². The molecule has 0 saturated carbocycles. The van der Waals surface area contributed by atoms with E-state index in [1.54, 1.807) is 6.20 Å². The molecule has 27 heavy (non-hydrogen) atoms. The lowest BCUT2D eigenvalue weighted by Crippen LogP contribution is -2.09. The summed E-state index contributed by atoms with van der Waals surface area (Å²) in [5.41, 5.74) is 0.837. The van der Waals surface area contributed by atoms with Crippen molar-refractivity contribution in [2.45, 2.75) is 30.8 Å². The van der Waals surface area contributed by atoms with Crippen LogP contribution in [0.3, 0.4) is 0 Å². The molecule has 0 aromatic carbocycles. The highest BCUT2D eigenvalue weighted by Gasteiger charge is 2.12. The number of anilines is 2. The monoisotopic (exact) mass is 412 g/mol. The zero-order chi connectivity index (χ0) is 20.2. The number of carboxylic acids is 1. The normalized spacial score (nSPS) is 9.96. The van der Waals surface area contributed by atoms with Crippen molar-refractivity contribution in [3.63, 3.8) is 0 Å². The van der Waals surface area contributed by atoms with Gasteiger partial charge in [0.05, 0.1) is 6.61 Å². The molecular weight excluding hydrogens is 388 g/mol. The molecule has 2 aromatic heterocycles. The minimum absolute atomic E-state index is 0.0308. The van der Waals surface area contributed by atoms with Crippen molar-refractivity contribution >= 4 is 41.1 Å². The quantitative estimate of drug-likeness (QED) is 0.376. The molecule has 2 rings (SSSR count). The Kier molecular flexibility index (Phi) is 10.5. The first-order chi connectivity index (χ1) is 13.0. The van der Waals surface area contributed by atoms with Crippen molar-refractivity contribution in [1.82, 2.24) is 19.9 Å². The smallest absolute Gasteiger partial charge is 0.341 e. The van der Waals surface area contributed by atoms with E-state index in [4.69, 9.17) is 10.2 Å². The molecule has 0 saturated heterocycles. The van der Waals surface area contributed by atoms with Crippen LogP contribution in [0.15, 0.2) is 22.7 Å². The van der Waals surface area contributed by atoms with Gasteiger partial charge in [-0.2, -0.15) is 0 Å². The predicted octanol–water partition coefficient (Wildman–Crippen LogP) is 2.45. The molecule has 148 valence electrons. The molecule has 0 aliphatic rings. The van der Waals surface area contributed by atoms with Crippen LogP contribution in [-0.4, -0.2) is 61.7 Å². The summed E-state index contributed by atoms with van der Waals surface area (Å²) in [6.45, 7) is 5.26. The Bertz CT molecular complexity index is 748. The molecule has 9 nitrogen and oxygen atoms in total. The number of thioether (sulfide) groups is 2. The van der Waals surface area contributed by atoms with Crippen LogP contribution in [0.5, 0.6) is 0 Å². The average molecular weight is 413 g/mol. The lowest BCUT2D eigenvalue weighted by atomic mass is 10.3. The summed E-state index contributed by atoms with van der Waals surface area (Å²) in [5, 5.41) is 25.1. The van der Waals surface area contributed by atoms with E-state index in [0.29, 0.717) is 22.7 Å². The molecule has 0 bridgehead atoms. The summed E-state index contributed by atoms with van der Waals surface area (Å²) in [6.07, 6.45) is 6.73. The Morgan fingerprint density at radius 1 is 1.00 bits per heavy atom. The number of carboxylic acid groups (broad SMARTS) is 1. The second-order valence-corrected chi connectivity index (χ2v) is 6.42. The van der Waals surface area contributed by atoms with E-state index < -0.39 is 5.97 Å². The minimum Gasteiger partial charge on any atom is -0.477 e. The molecule has 0 aliphatic heterocycles. The Morgan fingerprint density at radius 3 is 2.00 bits per heavy atom. The molecule has 0 aliphatic carbocycles. The Labute approximate surface area is 166 Å². The second kappa shape index (κ2) is 12.3. The number of aliphatic hydroxyl groups is 1. The number of aliphatic hydroxyl groups excluding tert-OH is 1. The van der Waals surface area contributed by atoms with Gasteiger partial charge in [-0.15, -0.1) is 0 Å². The summed E-state index contributed by atoms with van der Waals surface area (Å²) in [7, 11) is 0. The molecule has 0 atom stereocenters. The zero-order valence-electron chi connectivity index (χ0n) is 15.7. The fraction of sp³-hybridized carbons (Fsp3) is 0.438. The summed E-state index contributed by atoms with van der Waals surface area (Å²) in [6, 6.07) is 0. The third-order valence-electron chi connectivity index (χ3n) is 3.06. The van der Waals surface area contributed by atoms with Crippen LogP contribution in [0.2, 0.25) is 0 Å². The molecule has 0 amide bonds. The number of rotatable bonds is 8. The van der Waals surface area contributed by atoms with E-state index in [1.165, 1.54) is 29.7 Å². The number of aromatic nitrogens is 4. The zero-order valence-corrected chi connectivity index (χ0v) is 17.3. The number of hydrogen-bond donors (Lipinski definition) is 4. The van der Waals surface area contributed by atoms with Gasteiger partial charge >= 0.3 is 5.97 Å². The highest BCUT2D eigenvalue weighted by Crippen LogP contribution is 2.17. The van der Waals surface area contributed by atoms with Crippen LogP contribution < -0.4 is 10.6 Å². The maximum Gasteiger partial charge on any atom is 0.341 e. The fourth-order valence-corrected chi connectivity index (χ4v) is 2.53. The molecule has 4 N–H and O–H groups in total. The van der Waals surface area contributed by atoms with Crippen LogP contribution >= 0.6 is 23.5 Å². The van der Waals surface area contributed by atoms with Crippen molar-refractivity contribution in [3.8, 4) is 0 Å². The largest absolute Gasteiger partial charge is 0.477 e.